The summed E-state index contributed by atoms with van der Waals surface area (Å²) in [6.45, 7) is 8.15. The van der Waals surface area contributed by atoms with Crippen molar-refractivity contribution in [2.45, 2.75) is 20.8 Å². The number of amides is 1. The van der Waals surface area contributed by atoms with Crippen LogP contribution >= 0.6 is 0 Å². The number of hydrogen-bond donors (Lipinski definition) is 1. The average molecular weight is 448 g/mol. The van der Waals surface area contributed by atoms with Crippen LogP contribution in [0.3, 0.4) is 0 Å². The summed E-state index contributed by atoms with van der Waals surface area (Å²) < 4.78 is 18.7. The summed E-state index contributed by atoms with van der Waals surface area (Å²) in [6.07, 6.45) is 5.41. The molecule has 5 nitrogen and oxygen atoms in total. The summed E-state index contributed by atoms with van der Waals surface area (Å²) in [5.41, 5.74) is 4.05. The highest BCUT2D eigenvalue weighted by atomic mass is 19.1. The molecule has 0 radical (unpaired) electrons. The number of aryl methyl sites for hydroxylation is 1. The van der Waals surface area contributed by atoms with E-state index in [1.54, 1.807) is 31.5 Å². The Balaban J connectivity index is 0.00000149. The fourth-order valence-electron chi connectivity index (χ4n) is 3.43. The highest BCUT2D eigenvalue weighted by molar-refractivity contribution is 5.95. The summed E-state index contributed by atoms with van der Waals surface area (Å²) in [7, 11) is 0. The molecule has 1 aromatic heterocycles. The zero-order chi connectivity index (χ0) is 23.6. The lowest BCUT2D eigenvalue weighted by molar-refractivity contribution is 0.0303. The van der Waals surface area contributed by atoms with E-state index in [9.17, 15) is 9.18 Å². The van der Waals surface area contributed by atoms with Gasteiger partial charge in [-0.3, -0.25) is 4.79 Å². The number of rotatable bonds is 5. The first-order valence-electron chi connectivity index (χ1n) is 11.2. The maximum Gasteiger partial charge on any atom is 0.254 e. The quantitative estimate of drug-likeness (QED) is 0.539. The molecule has 0 unspecified atom stereocenters. The predicted molar refractivity (Wildman–Crippen MR) is 132 cm³/mol. The van der Waals surface area contributed by atoms with E-state index in [-0.39, 0.29) is 11.7 Å². The second kappa shape index (κ2) is 11.9. The van der Waals surface area contributed by atoms with E-state index >= 15 is 0 Å². The first kappa shape index (κ1) is 24.1. The Labute approximate surface area is 194 Å². The van der Waals surface area contributed by atoms with Gasteiger partial charge in [0, 0.05) is 36.6 Å². The first-order valence-corrected chi connectivity index (χ1v) is 11.2. The molecule has 3 aromatic rings. The van der Waals surface area contributed by atoms with Gasteiger partial charge in [-0.05, 0) is 66.1 Å². The van der Waals surface area contributed by atoms with Crippen LogP contribution in [-0.2, 0) is 4.74 Å². The predicted octanol–water partition coefficient (Wildman–Crippen LogP) is 5.78. The molecule has 0 atom stereocenters. The average Bonchev–Trinajstić information content (AvgIpc) is 2.88. The van der Waals surface area contributed by atoms with E-state index in [1.165, 1.54) is 6.07 Å². The molecular formula is C27H30FN3O2. The Morgan fingerprint density at radius 1 is 1.06 bits per heavy atom. The number of anilines is 1. The Bertz CT molecular complexity index is 1090. The molecule has 1 N–H and O–H groups in total. The number of halogens is 1. The third-order valence-electron chi connectivity index (χ3n) is 5.19. The van der Waals surface area contributed by atoms with Gasteiger partial charge in [0.25, 0.3) is 5.91 Å². The van der Waals surface area contributed by atoms with Crippen LogP contribution in [0.4, 0.5) is 10.2 Å². The molecule has 172 valence electrons. The van der Waals surface area contributed by atoms with Crippen molar-refractivity contribution in [1.82, 2.24) is 9.88 Å². The van der Waals surface area contributed by atoms with Crippen LogP contribution in [0.15, 0.2) is 67.0 Å². The van der Waals surface area contributed by atoms with Gasteiger partial charge in [0.15, 0.2) is 0 Å². The first-order chi connectivity index (χ1) is 16.1. The zero-order valence-electron chi connectivity index (χ0n) is 19.3. The normalized spacial score (nSPS) is 13.4. The number of nitrogens with one attached hydrogen (secondary N) is 1. The van der Waals surface area contributed by atoms with Gasteiger partial charge in [-0.2, -0.15) is 0 Å². The maximum absolute atomic E-state index is 13.4. The summed E-state index contributed by atoms with van der Waals surface area (Å²) >= 11 is 0. The molecule has 1 amide bonds. The molecule has 0 aliphatic carbocycles. The fraction of sp³-hybridized carbons (Fsp3) is 0.259. The van der Waals surface area contributed by atoms with Gasteiger partial charge >= 0.3 is 0 Å². The smallest absolute Gasteiger partial charge is 0.254 e. The van der Waals surface area contributed by atoms with Crippen LogP contribution in [0.2, 0.25) is 0 Å². The van der Waals surface area contributed by atoms with Crippen LogP contribution < -0.4 is 5.32 Å². The number of benzene rings is 2. The summed E-state index contributed by atoms with van der Waals surface area (Å²) in [5, 5.41) is 3.12. The van der Waals surface area contributed by atoms with Gasteiger partial charge in [-0.25, -0.2) is 9.37 Å². The minimum atomic E-state index is -0.210. The summed E-state index contributed by atoms with van der Waals surface area (Å²) in [4.78, 5) is 19.0. The monoisotopic (exact) mass is 447 g/mol. The van der Waals surface area contributed by atoms with Gasteiger partial charge in [0.05, 0.1) is 13.2 Å². The van der Waals surface area contributed by atoms with E-state index in [0.717, 1.165) is 16.7 Å². The van der Waals surface area contributed by atoms with Crippen molar-refractivity contribution in [3.05, 3.63) is 89.5 Å². The minimum absolute atomic E-state index is 0.0255. The SMILES string of the molecule is CC.Cc1cc(/C=C/Nc2ccc(-c3cccc(C(=O)N4CCOCC4)c3)cn2)ccc1F. The molecule has 0 spiro atoms. The molecule has 0 bridgehead atoms. The van der Waals surface area contributed by atoms with Crippen LogP contribution in [-0.4, -0.2) is 42.1 Å². The van der Waals surface area contributed by atoms with Crippen molar-refractivity contribution in [3.8, 4) is 11.1 Å². The van der Waals surface area contributed by atoms with Gasteiger partial charge in [0.2, 0.25) is 0 Å². The van der Waals surface area contributed by atoms with Crippen LogP contribution in [0, 0.1) is 12.7 Å². The third kappa shape index (κ3) is 6.49. The molecule has 2 heterocycles. The van der Waals surface area contributed by atoms with Crippen molar-refractivity contribution in [1.29, 1.82) is 0 Å². The molecular weight excluding hydrogens is 417 g/mol. The second-order valence-corrected chi connectivity index (χ2v) is 7.40. The summed E-state index contributed by atoms with van der Waals surface area (Å²) in [6, 6.07) is 16.4. The molecule has 1 saturated heterocycles. The number of carbonyl (C=O) groups is 1. The number of hydrogen-bond acceptors (Lipinski definition) is 4. The van der Waals surface area contributed by atoms with E-state index in [0.29, 0.717) is 43.2 Å². The van der Waals surface area contributed by atoms with Crippen LogP contribution in [0.1, 0.15) is 35.3 Å². The van der Waals surface area contributed by atoms with Gasteiger partial charge in [0.1, 0.15) is 11.6 Å². The molecule has 0 saturated carbocycles. The Kier molecular flexibility index (Phi) is 8.72. The molecule has 1 aliphatic heterocycles. The van der Waals surface area contributed by atoms with Gasteiger partial charge < -0.3 is 15.0 Å². The van der Waals surface area contributed by atoms with E-state index in [4.69, 9.17) is 4.74 Å². The number of ether oxygens (including phenoxy) is 1. The lowest BCUT2D eigenvalue weighted by Crippen LogP contribution is -2.40. The zero-order valence-corrected chi connectivity index (χ0v) is 19.3. The Morgan fingerprint density at radius 3 is 2.55 bits per heavy atom. The lowest BCUT2D eigenvalue weighted by atomic mass is 10.0. The molecule has 33 heavy (non-hydrogen) atoms. The topological polar surface area (TPSA) is 54.5 Å². The van der Waals surface area contributed by atoms with Crippen LogP contribution in [0.5, 0.6) is 0 Å². The molecule has 6 heteroatoms. The molecule has 1 fully saturated rings. The number of nitrogens with zero attached hydrogens (tertiary/aromatic N) is 2. The number of aromatic nitrogens is 1. The van der Waals surface area contributed by atoms with Gasteiger partial charge in [-0.15, -0.1) is 0 Å². The summed E-state index contributed by atoms with van der Waals surface area (Å²) in [5.74, 6) is 0.509. The molecule has 4 rings (SSSR count). The van der Waals surface area contributed by atoms with Crippen molar-refractivity contribution < 1.29 is 13.9 Å². The van der Waals surface area contributed by atoms with E-state index in [2.05, 4.69) is 10.3 Å². The fourth-order valence-corrected chi connectivity index (χ4v) is 3.43. The lowest BCUT2D eigenvalue weighted by Gasteiger charge is -2.27. The highest BCUT2D eigenvalue weighted by Crippen LogP contribution is 2.22. The largest absolute Gasteiger partial charge is 0.378 e. The maximum atomic E-state index is 13.4. The number of morpholine rings is 1. The highest BCUT2D eigenvalue weighted by Gasteiger charge is 2.18. The van der Waals surface area contributed by atoms with Crippen molar-refractivity contribution >= 4 is 17.8 Å². The van der Waals surface area contributed by atoms with E-state index in [1.807, 2.05) is 61.2 Å². The minimum Gasteiger partial charge on any atom is -0.378 e. The third-order valence-corrected chi connectivity index (χ3v) is 5.19. The molecule has 2 aromatic carbocycles. The Hall–Kier alpha value is -3.51. The van der Waals surface area contributed by atoms with Crippen molar-refractivity contribution in [2.75, 3.05) is 31.6 Å². The van der Waals surface area contributed by atoms with Gasteiger partial charge in [-0.1, -0.05) is 32.0 Å². The van der Waals surface area contributed by atoms with E-state index < -0.39 is 0 Å². The standard InChI is InChI=1S/C25H24FN3O2.C2H6/c1-18-15-19(5-7-23(18)26)9-10-27-24-8-6-22(17-28-24)20-3-2-4-21(16-20)25(30)29-11-13-31-14-12-29;1-2/h2-10,15-17H,11-14H2,1H3,(H,27,28);1-2H3/b10-9+;. The Morgan fingerprint density at radius 2 is 1.85 bits per heavy atom. The van der Waals surface area contributed by atoms with Crippen molar-refractivity contribution in [2.24, 2.45) is 0 Å². The van der Waals surface area contributed by atoms with Crippen LogP contribution in [0.25, 0.3) is 17.2 Å². The second-order valence-electron chi connectivity index (χ2n) is 7.40. The number of pyridine rings is 1. The van der Waals surface area contributed by atoms with Crippen molar-refractivity contribution in [3.63, 3.8) is 0 Å². The number of carbonyl (C=O) groups excluding carboxylic acids is 1. The molecule has 1 aliphatic rings.